The van der Waals surface area contributed by atoms with Crippen molar-refractivity contribution in [2.45, 2.75) is 39.7 Å². The second-order valence-corrected chi connectivity index (χ2v) is 5.62. The molecule has 21 heavy (non-hydrogen) atoms. The van der Waals surface area contributed by atoms with E-state index in [1.54, 1.807) is 6.07 Å². The Hall–Kier alpha value is -2.04. The summed E-state index contributed by atoms with van der Waals surface area (Å²) < 4.78 is 11.1. The Kier molecular flexibility index (Phi) is 5.20. The molecule has 0 bridgehead atoms. The fraction of sp³-hybridized carbons (Fsp3) is 0.500. The molecule has 0 fully saturated rings. The SMILES string of the molecule is CC(CCC(C)C)=NNC(=O)C1COc2ccccc2O1. The Labute approximate surface area is 125 Å². The molecule has 5 heteroatoms. The van der Waals surface area contributed by atoms with Crippen LogP contribution in [0.25, 0.3) is 0 Å². The quantitative estimate of drug-likeness (QED) is 0.670. The average Bonchev–Trinajstić information content (AvgIpc) is 2.50. The summed E-state index contributed by atoms with van der Waals surface area (Å²) in [5, 5.41) is 4.11. The van der Waals surface area contributed by atoms with Gasteiger partial charge in [-0.15, -0.1) is 0 Å². The number of rotatable bonds is 5. The van der Waals surface area contributed by atoms with Gasteiger partial charge < -0.3 is 9.47 Å². The number of carbonyl (C=O) groups excluding carboxylic acids is 1. The molecule has 0 aromatic heterocycles. The summed E-state index contributed by atoms with van der Waals surface area (Å²) in [7, 11) is 0. The zero-order valence-electron chi connectivity index (χ0n) is 12.8. The maximum atomic E-state index is 12.0. The van der Waals surface area contributed by atoms with E-state index in [1.165, 1.54) is 0 Å². The molecule has 0 saturated heterocycles. The Morgan fingerprint density at radius 3 is 2.81 bits per heavy atom. The molecular formula is C16H22N2O3. The first kappa shape index (κ1) is 15.4. The molecule has 1 aliphatic rings. The molecule has 1 heterocycles. The summed E-state index contributed by atoms with van der Waals surface area (Å²) >= 11 is 0. The Morgan fingerprint density at radius 2 is 2.10 bits per heavy atom. The first-order chi connectivity index (χ1) is 10.1. The summed E-state index contributed by atoms with van der Waals surface area (Å²) in [6.45, 7) is 6.44. The molecule has 0 saturated carbocycles. The van der Waals surface area contributed by atoms with Gasteiger partial charge in [-0.25, -0.2) is 5.43 Å². The number of nitrogens with one attached hydrogen (secondary N) is 1. The van der Waals surface area contributed by atoms with Crippen LogP contribution in [0.3, 0.4) is 0 Å². The molecule has 1 unspecified atom stereocenters. The summed E-state index contributed by atoms with van der Waals surface area (Å²) in [5.74, 6) is 1.59. The van der Waals surface area contributed by atoms with Crippen molar-refractivity contribution in [3.63, 3.8) is 0 Å². The lowest BCUT2D eigenvalue weighted by Gasteiger charge is -2.24. The van der Waals surface area contributed by atoms with Crippen LogP contribution in [0.15, 0.2) is 29.4 Å². The Morgan fingerprint density at radius 1 is 1.38 bits per heavy atom. The number of hydrogen-bond donors (Lipinski definition) is 1. The maximum Gasteiger partial charge on any atom is 0.284 e. The third-order valence-electron chi connectivity index (χ3n) is 3.24. The molecule has 0 radical (unpaired) electrons. The molecule has 0 aliphatic carbocycles. The molecule has 1 N–H and O–H groups in total. The lowest BCUT2D eigenvalue weighted by molar-refractivity contribution is -0.130. The van der Waals surface area contributed by atoms with E-state index >= 15 is 0 Å². The fourth-order valence-electron chi connectivity index (χ4n) is 1.92. The highest BCUT2D eigenvalue weighted by Gasteiger charge is 2.27. The van der Waals surface area contributed by atoms with Gasteiger partial charge in [0.05, 0.1) is 0 Å². The smallest absolute Gasteiger partial charge is 0.284 e. The average molecular weight is 290 g/mol. The third kappa shape index (κ3) is 4.48. The van der Waals surface area contributed by atoms with Gasteiger partial charge in [0, 0.05) is 5.71 Å². The molecule has 2 rings (SSSR count). The van der Waals surface area contributed by atoms with Crippen molar-refractivity contribution in [1.82, 2.24) is 5.43 Å². The number of nitrogens with zero attached hydrogens (tertiary/aromatic N) is 1. The van der Waals surface area contributed by atoms with Crippen LogP contribution in [0.1, 0.15) is 33.6 Å². The Balaban J connectivity index is 1.86. The van der Waals surface area contributed by atoms with Gasteiger partial charge in [0.15, 0.2) is 11.5 Å². The second-order valence-electron chi connectivity index (χ2n) is 5.62. The summed E-state index contributed by atoms with van der Waals surface area (Å²) in [5.41, 5.74) is 3.46. The van der Waals surface area contributed by atoms with E-state index in [9.17, 15) is 4.79 Å². The van der Waals surface area contributed by atoms with Crippen LogP contribution in [-0.2, 0) is 4.79 Å². The van der Waals surface area contributed by atoms with Crippen molar-refractivity contribution in [1.29, 1.82) is 0 Å². The van der Waals surface area contributed by atoms with Crippen LogP contribution in [0.2, 0.25) is 0 Å². The number of amides is 1. The summed E-state index contributed by atoms with van der Waals surface area (Å²) in [6, 6.07) is 7.31. The van der Waals surface area contributed by atoms with Crippen molar-refractivity contribution >= 4 is 11.6 Å². The van der Waals surface area contributed by atoms with Gasteiger partial charge in [0.2, 0.25) is 6.10 Å². The standard InChI is InChI=1S/C16H22N2O3/c1-11(2)8-9-12(3)17-18-16(19)15-10-20-13-6-4-5-7-14(13)21-15/h4-7,11,15H,8-10H2,1-3H3,(H,18,19). The van der Waals surface area contributed by atoms with Gasteiger partial charge in [-0.2, -0.15) is 5.10 Å². The fourth-order valence-corrected chi connectivity index (χ4v) is 1.92. The van der Waals surface area contributed by atoms with E-state index in [-0.39, 0.29) is 12.5 Å². The molecule has 5 nitrogen and oxygen atoms in total. The molecule has 1 amide bonds. The number of fused-ring (bicyclic) bond motifs is 1. The van der Waals surface area contributed by atoms with Crippen molar-refractivity contribution in [3.8, 4) is 11.5 Å². The third-order valence-corrected chi connectivity index (χ3v) is 3.24. The van der Waals surface area contributed by atoms with E-state index < -0.39 is 6.10 Å². The van der Waals surface area contributed by atoms with E-state index in [0.29, 0.717) is 17.4 Å². The first-order valence-electron chi connectivity index (χ1n) is 7.27. The van der Waals surface area contributed by atoms with Crippen LogP contribution in [-0.4, -0.2) is 24.3 Å². The Bertz CT molecular complexity index is 526. The van der Waals surface area contributed by atoms with Crippen molar-refractivity contribution < 1.29 is 14.3 Å². The maximum absolute atomic E-state index is 12.0. The topological polar surface area (TPSA) is 59.9 Å². The van der Waals surface area contributed by atoms with Crippen molar-refractivity contribution in [2.75, 3.05) is 6.61 Å². The number of carbonyl (C=O) groups is 1. The number of para-hydroxylation sites is 2. The van der Waals surface area contributed by atoms with Gasteiger partial charge >= 0.3 is 0 Å². The molecule has 1 atom stereocenters. The molecule has 1 aromatic rings. The van der Waals surface area contributed by atoms with Crippen LogP contribution in [0, 0.1) is 5.92 Å². The van der Waals surface area contributed by atoms with Crippen LogP contribution in [0.5, 0.6) is 11.5 Å². The first-order valence-corrected chi connectivity index (χ1v) is 7.27. The van der Waals surface area contributed by atoms with E-state index in [4.69, 9.17) is 9.47 Å². The molecular weight excluding hydrogens is 268 g/mol. The van der Waals surface area contributed by atoms with Crippen LogP contribution in [0.4, 0.5) is 0 Å². The zero-order valence-corrected chi connectivity index (χ0v) is 12.8. The lowest BCUT2D eigenvalue weighted by Crippen LogP contribution is -2.42. The normalized spacial score (nSPS) is 17.7. The number of benzene rings is 1. The number of ether oxygens (including phenoxy) is 2. The van der Waals surface area contributed by atoms with Gasteiger partial charge in [-0.1, -0.05) is 26.0 Å². The zero-order chi connectivity index (χ0) is 15.2. The summed E-state index contributed by atoms with van der Waals surface area (Å²) in [6.07, 6.45) is 1.27. The van der Waals surface area contributed by atoms with Gasteiger partial charge in [0.25, 0.3) is 5.91 Å². The van der Waals surface area contributed by atoms with Crippen molar-refractivity contribution in [2.24, 2.45) is 11.0 Å². The predicted octanol–water partition coefficient (Wildman–Crippen LogP) is 2.75. The van der Waals surface area contributed by atoms with E-state index in [2.05, 4.69) is 24.4 Å². The minimum absolute atomic E-state index is 0.198. The second kappa shape index (κ2) is 7.11. The highest BCUT2D eigenvalue weighted by molar-refractivity contribution is 5.86. The van der Waals surface area contributed by atoms with Gasteiger partial charge in [-0.05, 0) is 37.8 Å². The predicted molar refractivity (Wildman–Crippen MR) is 81.7 cm³/mol. The van der Waals surface area contributed by atoms with E-state index in [1.807, 2.05) is 25.1 Å². The highest BCUT2D eigenvalue weighted by atomic mass is 16.6. The molecule has 0 spiro atoms. The summed E-state index contributed by atoms with van der Waals surface area (Å²) in [4.78, 5) is 12.0. The molecule has 1 aliphatic heterocycles. The largest absolute Gasteiger partial charge is 0.485 e. The lowest BCUT2D eigenvalue weighted by atomic mass is 10.1. The van der Waals surface area contributed by atoms with E-state index in [0.717, 1.165) is 18.6 Å². The van der Waals surface area contributed by atoms with Crippen LogP contribution >= 0.6 is 0 Å². The highest BCUT2D eigenvalue weighted by Crippen LogP contribution is 2.30. The van der Waals surface area contributed by atoms with Gasteiger partial charge in [0.1, 0.15) is 6.61 Å². The van der Waals surface area contributed by atoms with Gasteiger partial charge in [-0.3, -0.25) is 4.79 Å². The van der Waals surface area contributed by atoms with Crippen LogP contribution < -0.4 is 14.9 Å². The number of hydrazone groups is 1. The minimum Gasteiger partial charge on any atom is -0.485 e. The minimum atomic E-state index is -0.665. The molecule has 1 aromatic carbocycles. The number of hydrogen-bond acceptors (Lipinski definition) is 4. The molecule has 114 valence electrons. The van der Waals surface area contributed by atoms with Crippen molar-refractivity contribution in [3.05, 3.63) is 24.3 Å². The monoisotopic (exact) mass is 290 g/mol.